The molecular formula is C22H22N6O3S. The molecule has 4 aromatic rings. The van der Waals surface area contributed by atoms with Crippen molar-refractivity contribution in [2.75, 3.05) is 11.9 Å². The first-order valence-electron chi connectivity index (χ1n) is 10.6. The summed E-state index contributed by atoms with van der Waals surface area (Å²) in [7, 11) is 0. The summed E-state index contributed by atoms with van der Waals surface area (Å²) < 4.78 is 18.0. The highest BCUT2D eigenvalue weighted by Gasteiger charge is 2.61. The normalized spacial score (nSPS) is 24.2. The fourth-order valence-corrected chi connectivity index (χ4v) is 5.54. The molecule has 1 saturated carbocycles. The van der Waals surface area contributed by atoms with E-state index in [0.29, 0.717) is 28.5 Å². The largest absolute Gasteiger partial charge is 0.474 e. The number of nitrogens with zero attached hydrogens (tertiary/aromatic N) is 5. The van der Waals surface area contributed by atoms with Crippen LogP contribution < -0.4 is 10.1 Å². The Morgan fingerprint density at radius 2 is 2.16 bits per heavy atom. The number of amides is 1. The van der Waals surface area contributed by atoms with Crippen LogP contribution in [0.25, 0.3) is 16.8 Å². The van der Waals surface area contributed by atoms with Crippen molar-refractivity contribution in [3.05, 3.63) is 42.0 Å². The number of hydrogen-bond acceptors (Lipinski definition) is 8. The molecule has 0 unspecified atom stereocenters. The van der Waals surface area contributed by atoms with E-state index in [2.05, 4.69) is 26.6 Å². The molecule has 0 radical (unpaired) electrons. The van der Waals surface area contributed by atoms with E-state index in [1.165, 1.54) is 11.5 Å². The Hall–Kier alpha value is -3.11. The molecule has 7 rings (SSSR count). The van der Waals surface area contributed by atoms with E-state index in [1.807, 2.05) is 32.2 Å². The summed E-state index contributed by atoms with van der Waals surface area (Å²) in [6.07, 6.45) is 7.13. The Morgan fingerprint density at radius 3 is 2.91 bits per heavy atom. The fourth-order valence-electron chi connectivity index (χ4n) is 4.82. The van der Waals surface area contributed by atoms with Gasteiger partial charge in [-0.2, -0.15) is 9.36 Å². The zero-order chi connectivity index (χ0) is 22.1. The minimum Gasteiger partial charge on any atom is -0.474 e. The summed E-state index contributed by atoms with van der Waals surface area (Å²) in [4.78, 5) is 26.9. The number of ether oxygens (including phenoxy) is 2. The molecule has 4 aromatic heterocycles. The molecule has 0 spiro atoms. The highest BCUT2D eigenvalue weighted by Crippen LogP contribution is 2.58. The monoisotopic (exact) mass is 450 g/mol. The average Bonchev–Trinajstić information content (AvgIpc) is 3.48. The summed E-state index contributed by atoms with van der Waals surface area (Å²) in [6.45, 7) is 6.60. The third-order valence-electron chi connectivity index (χ3n) is 6.13. The number of carbonyl (C=O) groups excluding carboxylic acids is 1. The highest BCUT2D eigenvalue weighted by molar-refractivity contribution is 7.12. The average molecular weight is 451 g/mol. The van der Waals surface area contributed by atoms with E-state index in [-0.39, 0.29) is 28.9 Å². The van der Waals surface area contributed by atoms with Crippen molar-refractivity contribution in [3.8, 4) is 5.88 Å². The van der Waals surface area contributed by atoms with Gasteiger partial charge in [0.1, 0.15) is 21.6 Å². The van der Waals surface area contributed by atoms with E-state index >= 15 is 0 Å². The quantitative estimate of drug-likeness (QED) is 0.495. The molecule has 1 amide bonds. The maximum absolute atomic E-state index is 13.2. The van der Waals surface area contributed by atoms with Crippen LogP contribution in [0.4, 0.5) is 5.00 Å². The number of fused-ring (bicyclic) bond motifs is 3. The molecule has 2 saturated heterocycles. The first-order chi connectivity index (χ1) is 15.3. The zero-order valence-electron chi connectivity index (χ0n) is 18.0. The molecule has 2 aliphatic heterocycles. The first kappa shape index (κ1) is 19.6. The Labute approximate surface area is 188 Å². The molecule has 2 bridgehead atoms. The zero-order valence-corrected chi connectivity index (χ0v) is 18.8. The van der Waals surface area contributed by atoms with E-state index in [1.54, 1.807) is 16.8 Å². The molecule has 1 N–H and O–H groups in total. The minimum atomic E-state index is -0.333. The van der Waals surface area contributed by atoms with Crippen molar-refractivity contribution in [2.24, 2.45) is 0 Å². The molecule has 0 aromatic carbocycles. The van der Waals surface area contributed by atoms with Gasteiger partial charge in [-0.1, -0.05) is 0 Å². The van der Waals surface area contributed by atoms with Gasteiger partial charge in [-0.3, -0.25) is 14.2 Å². The Bertz CT molecular complexity index is 1370. The van der Waals surface area contributed by atoms with Gasteiger partial charge in [0.25, 0.3) is 5.91 Å². The third-order valence-corrected chi connectivity index (χ3v) is 6.90. The van der Waals surface area contributed by atoms with E-state index in [0.717, 1.165) is 24.1 Å². The van der Waals surface area contributed by atoms with Crippen LogP contribution in [0.5, 0.6) is 5.88 Å². The topological polar surface area (TPSA) is 104 Å². The lowest BCUT2D eigenvalue weighted by molar-refractivity contribution is 0.0154. The SMILES string of the molecule is CC(C)Oc1nc2nc(C34COC(C)(C3)C4)cn2cc1C(=O)Nc1snc2cccnc12. The molecular weight excluding hydrogens is 428 g/mol. The Balaban J connectivity index is 1.38. The highest BCUT2D eigenvalue weighted by atomic mass is 32.1. The van der Waals surface area contributed by atoms with Crippen LogP contribution in [0.1, 0.15) is 49.7 Å². The standard InChI is InChI=1S/C22H22N6O3S/c1-12(2)31-18-13(17(29)25-19-16-14(27-32-19)5-4-6-23-16)7-28-8-15(24-20(28)26-18)22-9-21(3,10-22)30-11-22/h4-8,12H,9-11H2,1-3H3,(H,25,29). The molecule has 3 aliphatic rings. The van der Waals surface area contributed by atoms with Gasteiger partial charge >= 0.3 is 0 Å². The Kier molecular flexibility index (Phi) is 4.09. The van der Waals surface area contributed by atoms with Crippen molar-refractivity contribution in [1.82, 2.24) is 23.7 Å². The lowest BCUT2D eigenvalue weighted by Gasteiger charge is -2.41. The summed E-state index contributed by atoms with van der Waals surface area (Å²) in [5, 5.41) is 3.51. The second-order valence-electron chi connectivity index (χ2n) is 9.17. The maximum atomic E-state index is 13.2. The predicted molar refractivity (Wildman–Crippen MR) is 119 cm³/mol. The number of hydrogen-bond donors (Lipinski definition) is 1. The van der Waals surface area contributed by atoms with Crippen LogP contribution in [0.15, 0.2) is 30.7 Å². The fraction of sp³-hybridized carbons (Fsp3) is 0.409. The van der Waals surface area contributed by atoms with E-state index in [4.69, 9.17) is 14.5 Å². The van der Waals surface area contributed by atoms with Gasteiger partial charge in [0, 0.05) is 24.0 Å². The summed E-state index contributed by atoms with van der Waals surface area (Å²) in [5.74, 6) is 0.426. The Morgan fingerprint density at radius 1 is 1.31 bits per heavy atom. The van der Waals surface area contributed by atoms with Crippen LogP contribution in [0.3, 0.4) is 0 Å². The van der Waals surface area contributed by atoms with Crippen LogP contribution in [0.2, 0.25) is 0 Å². The van der Waals surface area contributed by atoms with Crippen molar-refractivity contribution in [1.29, 1.82) is 0 Å². The lowest BCUT2D eigenvalue weighted by Crippen LogP contribution is -2.45. The number of aromatic nitrogens is 5. The van der Waals surface area contributed by atoms with Gasteiger partial charge in [0.05, 0.1) is 24.0 Å². The van der Waals surface area contributed by atoms with E-state index < -0.39 is 0 Å². The van der Waals surface area contributed by atoms with Crippen molar-refractivity contribution >= 4 is 39.3 Å². The summed E-state index contributed by atoms with van der Waals surface area (Å²) in [6, 6.07) is 3.68. The maximum Gasteiger partial charge on any atom is 0.263 e. The van der Waals surface area contributed by atoms with Crippen LogP contribution in [-0.2, 0) is 10.2 Å². The molecule has 6 heterocycles. The van der Waals surface area contributed by atoms with Gasteiger partial charge in [0.15, 0.2) is 0 Å². The molecule has 3 fully saturated rings. The number of rotatable bonds is 5. The number of nitrogens with one attached hydrogen (secondary N) is 1. The lowest BCUT2D eigenvalue weighted by atomic mass is 9.62. The van der Waals surface area contributed by atoms with Crippen molar-refractivity contribution in [2.45, 2.75) is 50.7 Å². The van der Waals surface area contributed by atoms with Crippen molar-refractivity contribution < 1.29 is 14.3 Å². The molecule has 164 valence electrons. The van der Waals surface area contributed by atoms with Gasteiger partial charge in [0.2, 0.25) is 11.7 Å². The second kappa shape index (κ2) is 6.69. The van der Waals surface area contributed by atoms with Gasteiger partial charge in [-0.05, 0) is 57.3 Å². The second-order valence-corrected chi connectivity index (χ2v) is 9.94. The van der Waals surface area contributed by atoms with Gasteiger partial charge in [-0.25, -0.2) is 4.98 Å². The van der Waals surface area contributed by atoms with Crippen LogP contribution in [0, 0.1) is 0 Å². The number of pyridine rings is 1. The third kappa shape index (κ3) is 2.97. The minimum absolute atomic E-state index is 0.0360. The van der Waals surface area contributed by atoms with Gasteiger partial charge < -0.3 is 14.8 Å². The molecule has 0 atom stereocenters. The van der Waals surface area contributed by atoms with Crippen LogP contribution in [-0.4, -0.2) is 47.9 Å². The summed E-state index contributed by atoms with van der Waals surface area (Å²) in [5.41, 5.74) is 2.58. The van der Waals surface area contributed by atoms with Crippen molar-refractivity contribution in [3.63, 3.8) is 0 Å². The molecule has 32 heavy (non-hydrogen) atoms. The number of carbonyl (C=O) groups is 1. The van der Waals surface area contributed by atoms with E-state index in [9.17, 15) is 4.79 Å². The van der Waals surface area contributed by atoms with Crippen LogP contribution >= 0.6 is 11.5 Å². The smallest absolute Gasteiger partial charge is 0.263 e. The molecule has 9 nitrogen and oxygen atoms in total. The molecule has 10 heteroatoms. The molecule has 1 aliphatic carbocycles. The number of anilines is 1. The summed E-state index contributed by atoms with van der Waals surface area (Å²) >= 11 is 1.20. The predicted octanol–water partition coefficient (Wildman–Crippen LogP) is 3.59. The first-order valence-corrected chi connectivity index (χ1v) is 11.3. The number of imidazole rings is 1. The van der Waals surface area contributed by atoms with Gasteiger partial charge in [-0.15, -0.1) is 0 Å².